The summed E-state index contributed by atoms with van der Waals surface area (Å²) >= 11 is 0. The molecule has 0 unspecified atom stereocenters. The van der Waals surface area contributed by atoms with Crippen LogP contribution in [0.15, 0.2) is 59.2 Å². The van der Waals surface area contributed by atoms with Gasteiger partial charge in [-0.15, -0.1) is 0 Å². The number of hydrogen-bond acceptors (Lipinski definition) is 6. The van der Waals surface area contributed by atoms with Gasteiger partial charge in [-0.2, -0.15) is 0 Å². The van der Waals surface area contributed by atoms with Crippen LogP contribution >= 0.6 is 0 Å². The minimum Gasteiger partial charge on any atom is -0.482 e. The van der Waals surface area contributed by atoms with Crippen LogP contribution in [0.5, 0.6) is 5.75 Å². The molecule has 0 bridgehead atoms. The molecule has 0 aliphatic carbocycles. The normalized spacial score (nSPS) is 14.7. The van der Waals surface area contributed by atoms with Crippen molar-refractivity contribution in [3.05, 3.63) is 71.2 Å². The third-order valence-corrected chi connectivity index (χ3v) is 3.56. The standard InChI is InChI=1S/C20H16FNO5/c1-2-25-18(23)12-26-16-9-3-13(4-10-16)11-17-20(24)27-19(22-17)14-5-7-15(21)8-6-14/h3-11H,2,12H2,1H3/b17-11-. The fourth-order valence-corrected chi connectivity index (χ4v) is 2.29. The molecule has 2 aromatic carbocycles. The van der Waals surface area contributed by atoms with Crippen LogP contribution in [0, 0.1) is 5.82 Å². The third-order valence-electron chi connectivity index (χ3n) is 3.56. The van der Waals surface area contributed by atoms with Crippen molar-refractivity contribution in [3.8, 4) is 5.75 Å². The maximum atomic E-state index is 13.0. The molecule has 1 aliphatic rings. The topological polar surface area (TPSA) is 74.2 Å². The van der Waals surface area contributed by atoms with Crippen LogP contribution in [0.4, 0.5) is 4.39 Å². The van der Waals surface area contributed by atoms with E-state index in [4.69, 9.17) is 14.2 Å². The molecule has 0 spiro atoms. The molecule has 0 fully saturated rings. The number of ether oxygens (including phenoxy) is 3. The number of cyclic esters (lactones) is 1. The molecule has 0 atom stereocenters. The number of halogens is 1. The van der Waals surface area contributed by atoms with Gasteiger partial charge in [-0.1, -0.05) is 12.1 Å². The Morgan fingerprint density at radius 2 is 1.85 bits per heavy atom. The molecule has 0 N–H and O–H groups in total. The third kappa shape index (κ3) is 4.78. The smallest absolute Gasteiger partial charge is 0.363 e. The molecule has 6 nitrogen and oxygen atoms in total. The van der Waals surface area contributed by atoms with E-state index in [1.807, 2.05) is 0 Å². The Morgan fingerprint density at radius 3 is 2.52 bits per heavy atom. The Bertz CT molecular complexity index is 901. The molecule has 7 heteroatoms. The van der Waals surface area contributed by atoms with E-state index in [2.05, 4.69) is 4.99 Å². The predicted octanol–water partition coefficient (Wildman–Crippen LogP) is 3.11. The SMILES string of the molecule is CCOC(=O)COc1ccc(/C=C2\N=C(c3ccc(F)cc3)OC2=O)cc1. The second kappa shape index (κ2) is 8.27. The Hall–Kier alpha value is -3.48. The average Bonchev–Trinajstić information content (AvgIpc) is 3.02. The van der Waals surface area contributed by atoms with Crippen molar-refractivity contribution in [1.82, 2.24) is 0 Å². The van der Waals surface area contributed by atoms with E-state index in [-0.39, 0.29) is 24.0 Å². The Balaban J connectivity index is 1.69. The van der Waals surface area contributed by atoms with Gasteiger partial charge in [-0.05, 0) is 55.0 Å². The van der Waals surface area contributed by atoms with E-state index < -0.39 is 11.9 Å². The summed E-state index contributed by atoms with van der Waals surface area (Å²) in [6.45, 7) is 1.84. The summed E-state index contributed by atoms with van der Waals surface area (Å²) in [7, 11) is 0. The van der Waals surface area contributed by atoms with E-state index in [1.165, 1.54) is 24.3 Å². The molecule has 0 aromatic heterocycles. The summed E-state index contributed by atoms with van der Waals surface area (Å²) in [4.78, 5) is 27.4. The monoisotopic (exact) mass is 369 g/mol. The molecule has 2 aromatic rings. The first-order valence-corrected chi connectivity index (χ1v) is 8.22. The summed E-state index contributed by atoms with van der Waals surface area (Å²) in [6.07, 6.45) is 1.56. The van der Waals surface area contributed by atoms with Crippen molar-refractivity contribution in [3.63, 3.8) is 0 Å². The summed E-state index contributed by atoms with van der Waals surface area (Å²) in [5.41, 5.74) is 1.35. The van der Waals surface area contributed by atoms with Crippen LogP contribution in [-0.2, 0) is 19.1 Å². The van der Waals surface area contributed by atoms with Crippen LogP contribution in [-0.4, -0.2) is 31.1 Å². The van der Waals surface area contributed by atoms with Crippen molar-refractivity contribution < 1.29 is 28.2 Å². The van der Waals surface area contributed by atoms with Crippen LogP contribution in [0.25, 0.3) is 6.08 Å². The average molecular weight is 369 g/mol. The first-order valence-electron chi connectivity index (χ1n) is 8.22. The largest absolute Gasteiger partial charge is 0.482 e. The number of carbonyl (C=O) groups is 2. The Labute approximate surface area is 154 Å². The minimum absolute atomic E-state index is 0.126. The summed E-state index contributed by atoms with van der Waals surface area (Å²) in [6, 6.07) is 12.3. The molecule has 1 heterocycles. The van der Waals surface area contributed by atoms with E-state index >= 15 is 0 Å². The number of esters is 2. The molecule has 0 saturated heterocycles. The first kappa shape index (κ1) is 18.3. The van der Waals surface area contributed by atoms with Gasteiger partial charge < -0.3 is 14.2 Å². The molecular formula is C20H16FNO5. The second-order valence-corrected chi connectivity index (χ2v) is 5.51. The highest BCUT2D eigenvalue weighted by atomic mass is 19.1. The number of benzene rings is 2. The molecule has 1 aliphatic heterocycles. The molecule has 27 heavy (non-hydrogen) atoms. The molecule has 0 saturated carbocycles. The first-order chi connectivity index (χ1) is 13.0. The maximum absolute atomic E-state index is 13.0. The molecular weight excluding hydrogens is 353 g/mol. The van der Waals surface area contributed by atoms with Gasteiger partial charge in [0.2, 0.25) is 5.90 Å². The van der Waals surface area contributed by atoms with Gasteiger partial charge in [0.15, 0.2) is 12.3 Å². The lowest BCUT2D eigenvalue weighted by Gasteiger charge is -2.05. The summed E-state index contributed by atoms with van der Waals surface area (Å²) in [5, 5.41) is 0. The molecule has 3 rings (SSSR count). The van der Waals surface area contributed by atoms with Crippen molar-refractivity contribution in [1.29, 1.82) is 0 Å². The highest BCUT2D eigenvalue weighted by molar-refractivity contribution is 6.12. The lowest BCUT2D eigenvalue weighted by atomic mass is 10.2. The highest BCUT2D eigenvalue weighted by Gasteiger charge is 2.24. The molecule has 0 radical (unpaired) electrons. The van der Waals surface area contributed by atoms with Gasteiger partial charge in [0.05, 0.1) is 6.61 Å². The van der Waals surface area contributed by atoms with Crippen molar-refractivity contribution in [2.45, 2.75) is 6.92 Å². The maximum Gasteiger partial charge on any atom is 0.363 e. The van der Waals surface area contributed by atoms with Crippen LogP contribution in [0.1, 0.15) is 18.1 Å². The number of nitrogens with zero attached hydrogens (tertiary/aromatic N) is 1. The lowest BCUT2D eigenvalue weighted by Crippen LogP contribution is -2.14. The second-order valence-electron chi connectivity index (χ2n) is 5.51. The van der Waals surface area contributed by atoms with Gasteiger partial charge in [0, 0.05) is 5.56 Å². The number of hydrogen-bond donors (Lipinski definition) is 0. The zero-order valence-electron chi connectivity index (χ0n) is 14.5. The number of aliphatic imine (C=N–C) groups is 1. The van der Waals surface area contributed by atoms with Crippen LogP contribution in [0.2, 0.25) is 0 Å². The Kier molecular flexibility index (Phi) is 5.61. The Morgan fingerprint density at radius 1 is 1.15 bits per heavy atom. The van der Waals surface area contributed by atoms with Crippen molar-refractivity contribution >= 4 is 23.9 Å². The van der Waals surface area contributed by atoms with Crippen molar-refractivity contribution in [2.75, 3.05) is 13.2 Å². The molecule has 0 amide bonds. The summed E-state index contributed by atoms with van der Waals surface area (Å²) < 4.78 is 28.2. The zero-order valence-corrected chi connectivity index (χ0v) is 14.5. The fourth-order valence-electron chi connectivity index (χ4n) is 2.29. The summed E-state index contributed by atoms with van der Waals surface area (Å²) in [5.74, 6) is -0.794. The highest BCUT2D eigenvalue weighted by Crippen LogP contribution is 2.20. The van der Waals surface area contributed by atoms with E-state index in [9.17, 15) is 14.0 Å². The number of rotatable bonds is 6. The van der Waals surface area contributed by atoms with Crippen LogP contribution < -0.4 is 4.74 Å². The van der Waals surface area contributed by atoms with Gasteiger partial charge in [-0.25, -0.2) is 19.0 Å². The van der Waals surface area contributed by atoms with Crippen LogP contribution in [0.3, 0.4) is 0 Å². The van der Waals surface area contributed by atoms with Gasteiger partial charge >= 0.3 is 11.9 Å². The zero-order chi connectivity index (χ0) is 19.2. The number of carbonyl (C=O) groups excluding carboxylic acids is 2. The van der Waals surface area contributed by atoms with E-state index in [0.29, 0.717) is 23.5 Å². The quantitative estimate of drug-likeness (QED) is 0.578. The van der Waals surface area contributed by atoms with Crippen molar-refractivity contribution in [2.24, 2.45) is 4.99 Å². The van der Waals surface area contributed by atoms with Gasteiger partial charge in [0.25, 0.3) is 0 Å². The van der Waals surface area contributed by atoms with Gasteiger partial charge in [0.1, 0.15) is 11.6 Å². The fraction of sp³-hybridized carbons (Fsp3) is 0.150. The van der Waals surface area contributed by atoms with E-state index in [0.717, 1.165) is 0 Å². The van der Waals surface area contributed by atoms with Gasteiger partial charge in [-0.3, -0.25) is 0 Å². The van der Waals surface area contributed by atoms with E-state index in [1.54, 1.807) is 37.3 Å². The molecule has 138 valence electrons. The lowest BCUT2D eigenvalue weighted by molar-refractivity contribution is -0.145. The minimum atomic E-state index is -0.586. The predicted molar refractivity (Wildman–Crippen MR) is 95.6 cm³/mol.